The third kappa shape index (κ3) is 5.82. The number of hydrogen-bond acceptors (Lipinski definition) is 4. The van der Waals surface area contributed by atoms with Crippen LogP contribution in [0.3, 0.4) is 0 Å². The van der Waals surface area contributed by atoms with Crippen molar-refractivity contribution in [1.29, 1.82) is 0 Å². The van der Waals surface area contributed by atoms with Crippen LogP contribution in [-0.2, 0) is 0 Å². The van der Waals surface area contributed by atoms with Crippen LogP contribution in [0.2, 0.25) is 0 Å². The first kappa shape index (κ1) is 14.7. The maximum absolute atomic E-state index is 5.90. The van der Waals surface area contributed by atoms with Crippen molar-refractivity contribution in [2.24, 2.45) is 10.7 Å². The van der Waals surface area contributed by atoms with E-state index in [1.165, 1.54) is 32.1 Å². The molecule has 0 amide bonds. The molecule has 6 heteroatoms. The van der Waals surface area contributed by atoms with E-state index in [1.807, 2.05) is 11.6 Å². The Morgan fingerprint density at radius 3 is 3.05 bits per heavy atom. The molecule has 0 aromatic carbocycles. The molecule has 1 aliphatic rings. The summed E-state index contributed by atoms with van der Waals surface area (Å²) < 4.78 is 1.14. The van der Waals surface area contributed by atoms with Gasteiger partial charge < -0.3 is 11.1 Å². The first-order chi connectivity index (χ1) is 9.34. The zero-order valence-electron chi connectivity index (χ0n) is 11.2. The van der Waals surface area contributed by atoms with Crippen molar-refractivity contribution in [2.75, 3.05) is 12.3 Å². The lowest BCUT2D eigenvalue weighted by Gasteiger charge is -2.23. The Labute approximate surface area is 123 Å². The van der Waals surface area contributed by atoms with E-state index in [1.54, 1.807) is 23.1 Å². The van der Waals surface area contributed by atoms with Gasteiger partial charge in [-0.05, 0) is 19.3 Å². The summed E-state index contributed by atoms with van der Waals surface area (Å²) in [5.41, 5.74) is 5.90. The van der Waals surface area contributed by atoms with Gasteiger partial charge >= 0.3 is 0 Å². The Balaban J connectivity index is 1.56. The zero-order valence-corrected chi connectivity index (χ0v) is 12.8. The van der Waals surface area contributed by atoms with Crippen molar-refractivity contribution in [3.05, 3.63) is 11.6 Å². The van der Waals surface area contributed by atoms with E-state index in [0.717, 1.165) is 23.1 Å². The van der Waals surface area contributed by atoms with Crippen molar-refractivity contribution < 1.29 is 0 Å². The number of nitrogens with zero attached hydrogens (tertiary/aromatic N) is 2. The minimum atomic E-state index is 0.544. The normalized spacial score (nSPS) is 17.6. The van der Waals surface area contributed by atoms with Gasteiger partial charge in [-0.25, -0.2) is 4.98 Å². The quantitative estimate of drug-likeness (QED) is 0.367. The summed E-state index contributed by atoms with van der Waals surface area (Å²) in [4.78, 5) is 8.63. The molecule has 19 heavy (non-hydrogen) atoms. The second kappa shape index (κ2) is 8.43. The maximum atomic E-state index is 5.90. The van der Waals surface area contributed by atoms with Crippen molar-refractivity contribution in [3.8, 4) is 0 Å². The molecule has 1 aromatic heterocycles. The SMILES string of the molecule is NC(=NCCCSc1nccs1)NC1CCCCC1. The summed E-state index contributed by atoms with van der Waals surface area (Å²) in [6.07, 6.45) is 9.34. The number of hydrogen-bond donors (Lipinski definition) is 2. The van der Waals surface area contributed by atoms with E-state index in [2.05, 4.69) is 15.3 Å². The maximum Gasteiger partial charge on any atom is 0.188 e. The number of aromatic nitrogens is 1. The zero-order chi connectivity index (χ0) is 13.3. The van der Waals surface area contributed by atoms with Crippen molar-refractivity contribution in [2.45, 2.75) is 48.9 Å². The molecular weight excluding hydrogens is 276 g/mol. The van der Waals surface area contributed by atoms with Crippen LogP contribution in [0.1, 0.15) is 38.5 Å². The van der Waals surface area contributed by atoms with Gasteiger partial charge in [0.15, 0.2) is 5.96 Å². The fourth-order valence-corrected chi connectivity index (χ4v) is 3.84. The fraction of sp³-hybridized carbons (Fsp3) is 0.692. The van der Waals surface area contributed by atoms with E-state index in [0.29, 0.717) is 12.0 Å². The van der Waals surface area contributed by atoms with Gasteiger partial charge in [-0.2, -0.15) is 0 Å². The number of aliphatic imine (C=N–C) groups is 1. The number of nitrogens with one attached hydrogen (secondary N) is 1. The lowest BCUT2D eigenvalue weighted by Crippen LogP contribution is -2.41. The number of guanidine groups is 1. The Bertz CT molecular complexity index is 372. The Hall–Kier alpha value is -0.750. The molecule has 4 nitrogen and oxygen atoms in total. The van der Waals surface area contributed by atoms with E-state index in [-0.39, 0.29) is 0 Å². The summed E-state index contributed by atoms with van der Waals surface area (Å²) in [6.45, 7) is 0.796. The van der Waals surface area contributed by atoms with Crippen LogP contribution in [0, 0.1) is 0 Å². The van der Waals surface area contributed by atoms with Crippen molar-refractivity contribution >= 4 is 29.1 Å². The molecule has 0 bridgehead atoms. The van der Waals surface area contributed by atoms with Gasteiger partial charge in [0.2, 0.25) is 0 Å². The predicted octanol–water partition coefficient (Wildman–Crippen LogP) is 2.86. The largest absolute Gasteiger partial charge is 0.370 e. The lowest BCUT2D eigenvalue weighted by atomic mass is 9.96. The fourth-order valence-electron chi connectivity index (χ4n) is 2.21. The molecule has 2 rings (SSSR count). The third-order valence-electron chi connectivity index (χ3n) is 3.18. The van der Waals surface area contributed by atoms with E-state index >= 15 is 0 Å². The standard InChI is InChI=1S/C13H22N4S2/c14-12(17-11-5-2-1-3-6-11)15-7-4-9-18-13-16-8-10-19-13/h8,10-11H,1-7,9H2,(H3,14,15,17). The molecule has 0 saturated heterocycles. The van der Waals surface area contributed by atoms with Crippen LogP contribution >= 0.6 is 23.1 Å². The monoisotopic (exact) mass is 298 g/mol. The molecular formula is C13H22N4S2. The number of nitrogens with two attached hydrogens (primary N) is 1. The Morgan fingerprint density at radius 1 is 1.47 bits per heavy atom. The van der Waals surface area contributed by atoms with Crippen molar-refractivity contribution in [1.82, 2.24) is 10.3 Å². The van der Waals surface area contributed by atoms with Gasteiger partial charge in [0.05, 0.1) is 0 Å². The summed E-state index contributed by atoms with van der Waals surface area (Å²) in [5.74, 6) is 1.67. The molecule has 1 fully saturated rings. The molecule has 0 unspecified atom stereocenters. The smallest absolute Gasteiger partial charge is 0.188 e. The summed E-state index contributed by atoms with van der Waals surface area (Å²) in [5, 5.41) is 5.34. The second-order valence-electron chi connectivity index (χ2n) is 4.75. The van der Waals surface area contributed by atoms with Crippen LogP contribution in [0.4, 0.5) is 0 Å². The summed E-state index contributed by atoms with van der Waals surface area (Å²) >= 11 is 3.48. The first-order valence-electron chi connectivity index (χ1n) is 6.93. The highest BCUT2D eigenvalue weighted by molar-refractivity contribution is 8.00. The highest BCUT2D eigenvalue weighted by Gasteiger charge is 2.12. The lowest BCUT2D eigenvalue weighted by molar-refractivity contribution is 0.412. The highest BCUT2D eigenvalue weighted by Crippen LogP contribution is 2.20. The molecule has 1 saturated carbocycles. The second-order valence-corrected chi connectivity index (χ2v) is 6.98. The van der Waals surface area contributed by atoms with Crippen molar-refractivity contribution in [3.63, 3.8) is 0 Å². The third-order valence-corrected chi connectivity index (χ3v) is 5.23. The summed E-state index contributed by atoms with van der Waals surface area (Å²) in [7, 11) is 0. The Kier molecular flexibility index (Phi) is 6.50. The number of rotatable bonds is 6. The van der Waals surface area contributed by atoms with E-state index in [9.17, 15) is 0 Å². The van der Waals surface area contributed by atoms with Crippen LogP contribution in [0.15, 0.2) is 20.9 Å². The molecule has 0 spiro atoms. The van der Waals surface area contributed by atoms with E-state index < -0.39 is 0 Å². The molecule has 0 aliphatic heterocycles. The predicted molar refractivity (Wildman–Crippen MR) is 84.0 cm³/mol. The molecule has 1 aromatic rings. The van der Waals surface area contributed by atoms with Gasteiger partial charge in [0, 0.05) is 29.9 Å². The highest BCUT2D eigenvalue weighted by atomic mass is 32.2. The van der Waals surface area contributed by atoms with Gasteiger partial charge in [0.25, 0.3) is 0 Å². The molecule has 106 valence electrons. The molecule has 1 heterocycles. The number of thioether (sulfide) groups is 1. The Morgan fingerprint density at radius 2 is 2.32 bits per heavy atom. The van der Waals surface area contributed by atoms with Crippen LogP contribution in [0.5, 0.6) is 0 Å². The minimum absolute atomic E-state index is 0.544. The van der Waals surface area contributed by atoms with Gasteiger partial charge in [-0.3, -0.25) is 4.99 Å². The molecule has 0 radical (unpaired) electrons. The van der Waals surface area contributed by atoms with Gasteiger partial charge in [0.1, 0.15) is 4.34 Å². The van der Waals surface area contributed by atoms with Crippen LogP contribution in [-0.4, -0.2) is 29.3 Å². The van der Waals surface area contributed by atoms with E-state index in [4.69, 9.17) is 5.73 Å². The van der Waals surface area contributed by atoms with Crippen LogP contribution in [0.25, 0.3) is 0 Å². The average molecular weight is 298 g/mol. The van der Waals surface area contributed by atoms with Gasteiger partial charge in [-0.15, -0.1) is 11.3 Å². The topological polar surface area (TPSA) is 63.3 Å². The summed E-state index contributed by atoms with van der Waals surface area (Å²) in [6, 6.07) is 0.544. The first-order valence-corrected chi connectivity index (χ1v) is 8.80. The average Bonchev–Trinajstić information content (AvgIpc) is 2.92. The molecule has 3 N–H and O–H groups in total. The minimum Gasteiger partial charge on any atom is -0.370 e. The molecule has 0 atom stereocenters. The van der Waals surface area contributed by atoms with Crippen LogP contribution < -0.4 is 11.1 Å². The number of thiazole rings is 1. The van der Waals surface area contributed by atoms with Gasteiger partial charge in [-0.1, -0.05) is 31.0 Å². The molecule has 1 aliphatic carbocycles.